The van der Waals surface area contributed by atoms with Gasteiger partial charge in [0.1, 0.15) is 0 Å². The summed E-state index contributed by atoms with van der Waals surface area (Å²) in [4.78, 5) is 22.4. The minimum absolute atomic E-state index is 0.0147. The average Bonchev–Trinajstić information content (AvgIpc) is 2.69. The lowest BCUT2D eigenvalue weighted by Gasteiger charge is -2.05. The fourth-order valence-corrected chi connectivity index (χ4v) is 1.88. The molecule has 68 valence electrons. The summed E-state index contributed by atoms with van der Waals surface area (Å²) in [5.74, 6) is -0.195. The number of fused-ring (bicyclic) bond motifs is 2. The molecular weight excluding hydrogens is 168 g/mol. The highest BCUT2D eigenvalue weighted by atomic mass is 16.5. The summed E-state index contributed by atoms with van der Waals surface area (Å²) < 4.78 is 4.48. The molecule has 0 radical (unpaired) electrons. The molecule has 3 nitrogen and oxygen atoms in total. The van der Waals surface area contributed by atoms with Gasteiger partial charge in [-0.25, -0.2) is 4.79 Å². The summed E-state index contributed by atoms with van der Waals surface area (Å²) in [6.07, 6.45) is 6.06. The van der Waals surface area contributed by atoms with Gasteiger partial charge >= 0.3 is 5.97 Å². The van der Waals surface area contributed by atoms with Gasteiger partial charge in [0.05, 0.1) is 7.11 Å². The third kappa shape index (κ3) is 1.20. The number of Topliss-reactive ketones (excluding diaryl/α,β-unsaturated/α-hetero) is 1. The van der Waals surface area contributed by atoms with E-state index in [2.05, 4.69) is 4.74 Å². The second-order valence-electron chi connectivity index (χ2n) is 3.32. The molecule has 2 rings (SSSR count). The van der Waals surface area contributed by atoms with Crippen molar-refractivity contribution in [3.05, 3.63) is 23.8 Å². The Morgan fingerprint density at radius 2 is 2.23 bits per heavy atom. The third-order valence-corrected chi connectivity index (χ3v) is 2.58. The SMILES string of the molecule is COC(=O)/C=C1\C(=O)[C@@H]2C=C[C@H]1C2. The van der Waals surface area contributed by atoms with Crippen LogP contribution in [-0.2, 0) is 14.3 Å². The van der Waals surface area contributed by atoms with Crippen molar-refractivity contribution in [2.45, 2.75) is 6.42 Å². The molecule has 0 unspecified atom stereocenters. The molecule has 0 spiro atoms. The van der Waals surface area contributed by atoms with Crippen LogP contribution in [0.5, 0.6) is 0 Å². The molecule has 13 heavy (non-hydrogen) atoms. The monoisotopic (exact) mass is 178 g/mol. The molecule has 0 aromatic carbocycles. The molecule has 0 N–H and O–H groups in total. The predicted molar refractivity (Wildman–Crippen MR) is 45.8 cm³/mol. The summed E-state index contributed by atoms with van der Waals surface area (Å²) in [5, 5.41) is 0. The number of ether oxygens (including phenoxy) is 1. The van der Waals surface area contributed by atoms with Crippen LogP contribution in [0.4, 0.5) is 0 Å². The topological polar surface area (TPSA) is 43.4 Å². The second-order valence-corrected chi connectivity index (χ2v) is 3.32. The van der Waals surface area contributed by atoms with Gasteiger partial charge in [0.2, 0.25) is 0 Å². The fraction of sp³-hybridized carbons (Fsp3) is 0.400. The van der Waals surface area contributed by atoms with Gasteiger partial charge in [0.15, 0.2) is 5.78 Å². The zero-order chi connectivity index (χ0) is 9.42. The smallest absolute Gasteiger partial charge is 0.330 e. The van der Waals surface area contributed by atoms with E-state index in [1.54, 1.807) is 0 Å². The number of methoxy groups -OCH3 is 1. The van der Waals surface area contributed by atoms with Crippen molar-refractivity contribution in [1.29, 1.82) is 0 Å². The first-order chi connectivity index (χ1) is 6.22. The molecule has 3 heteroatoms. The number of rotatable bonds is 1. The lowest BCUT2D eigenvalue weighted by Crippen LogP contribution is -2.10. The van der Waals surface area contributed by atoms with Crippen molar-refractivity contribution >= 4 is 11.8 Å². The molecule has 0 heterocycles. The Bertz CT molecular complexity index is 325. The maximum atomic E-state index is 11.5. The highest BCUT2D eigenvalue weighted by Crippen LogP contribution is 2.40. The Balaban J connectivity index is 2.26. The molecule has 2 atom stereocenters. The maximum absolute atomic E-state index is 11.5. The Morgan fingerprint density at radius 1 is 1.54 bits per heavy atom. The fourth-order valence-electron chi connectivity index (χ4n) is 1.88. The molecule has 0 aliphatic heterocycles. The molecule has 1 fully saturated rings. The molecule has 2 aliphatic carbocycles. The van der Waals surface area contributed by atoms with Crippen LogP contribution < -0.4 is 0 Å². The lowest BCUT2D eigenvalue weighted by atomic mass is 9.99. The van der Waals surface area contributed by atoms with Crippen molar-refractivity contribution in [1.82, 2.24) is 0 Å². The molecule has 0 aromatic rings. The van der Waals surface area contributed by atoms with Crippen LogP contribution in [0.2, 0.25) is 0 Å². The first-order valence-corrected chi connectivity index (χ1v) is 4.24. The van der Waals surface area contributed by atoms with Gasteiger partial charge in [-0.1, -0.05) is 12.2 Å². The molecule has 2 aliphatic rings. The van der Waals surface area contributed by atoms with Crippen LogP contribution in [0.1, 0.15) is 6.42 Å². The number of esters is 1. The van der Waals surface area contributed by atoms with Crippen LogP contribution in [0.15, 0.2) is 23.8 Å². The van der Waals surface area contributed by atoms with Gasteiger partial charge in [-0.3, -0.25) is 4.79 Å². The van der Waals surface area contributed by atoms with E-state index in [0.717, 1.165) is 6.42 Å². The average molecular weight is 178 g/mol. The van der Waals surface area contributed by atoms with Crippen LogP contribution in [0.25, 0.3) is 0 Å². The van der Waals surface area contributed by atoms with E-state index in [9.17, 15) is 9.59 Å². The van der Waals surface area contributed by atoms with Gasteiger partial charge in [0.25, 0.3) is 0 Å². The Hall–Kier alpha value is -1.38. The van der Waals surface area contributed by atoms with Crippen molar-refractivity contribution in [2.75, 3.05) is 7.11 Å². The van der Waals surface area contributed by atoms with E-state index in [0.29, 0.717) is 5.57 Å². The van der Waals surface area contributed by atoms with E-state index in [1.165, 1.54) is 13.2 Å². The summed E-state index contributed by atoms with van der Waals surface area (Å²) >= 11 is 0. The van der Waals surface area contributed by atoms with E-state index < -0.39 is 5.97 Å². The van der Waals surface area contributed by atoms with Gasteiger partial charge in [0, 0.05) is 23.5 Å². The summed E-state index contributed by atoms with van der Waals surface area (Å²) in [5.41, 5.74) is 0.611. The quantitative estimate of drug-likeness (QED) is 0.340. The molecular formula is C10H10O3. The first kappa shape index (κ1) is 8.23. The Morgan fingerprint density at radius 3 is 2.77 bits per heavy atom. The molecule has 0 aromatic heterocycles. The molecule has 2 bridgehead atoms. The van der Waals surface area contributed by atoms with E-state index in [-0.39, 0.29) is 17.6 Å². The molecule has 1 saturated carbocycles. The van der Waals surface area contributed by atoms with Crippen molar-refractivity contribution in [2.24, 2.45) is 11.8 Å². The molecule has 0 saturated heterocycles. The van der Waals surface area contributed by atoms with Crippen molar-refractivity contribution in [3.63, 3.8) is 0 Å². The number of allylic oxidation sites excluding steroid dienone is 3. The van der Waals surface area contributed by atoms with Crippen LogP contribution in [-0.4, -0.2) is 18.9 Å². The van der Waals surface area contributed by atoms with E-state index >= 15 is 0 Å². The van der Waals surface area contributed by atoms with Crippen molar-refractivity contribution < 1.29 is 14.3 Å². The van der Waals surface area contributed by atoms with E-state index in [1.807, 2.05) is 12.2 Å². The molecule has 0 amide bonds. The van der Waals surface area contributed by atoms with Gasteiger partial charge in [-0.05, 0) is 6.42 Å². The lowest BCUT2D eigenvalue weighted by molar-refractivity contribution is -0.135. The highest BCUT2D eigenvalue weighted by molar-refractivity contribution is 6.06. The minimum Gasteiger partial charge on any atom is -0.466 e. The first-order valence-electron chi connectivity index (χ1n) is 4.24. The number of ketones is 1. The maximum Gasteiger partial charge on any atom is 0.330 e. The Kier molecular flexibility index (Phi) is 1.79. The largest absolute Gasteiger partial charge is 0.466 e. The standard InChI is InChI=1S/C10H10O3/c1-13-9(11)5-8-6-2-3-7(4-6)10(8)12/h2-3,5-7H,4H2,1H3/b8-5-/t6-,7+/m0/s1. The van der Waals surface area contributed by atoms with Crippen molar-refractivity contribution in [3.8, 4) is 0 Å². The summed E-state index contributed by atoms with van der Waals surface area (Å²) in [6, 6.07) is 0. The third-order valence-electron chi connectivity index (χ3n) is 2.58. The number of hydrogen-bond donors (Lipinski definition) is 0. The summed E-state index contributed by atoms with van der Waals surface area (Å²) in [6.45, 7) is 0. The zero-order valence-corrected chi connectivity index (χ0v) is 7.32. The highest BCUT2D eigenvalue weighted by Gasteiger charge is 2.39. The Labute approximate surface area is 76.1 Å². The van der Waals surface area contributed by atoms with Crippen LogP contribution in [0.3, 0.4) is 0 Å². The van der Waals surface area contributed by atoms with Gasteiger partial charge in [-0.15, -0.1) is 0 Å². The second kappa shape index (κ2) is 2.83. The number of carbonyl (C=O) groups is 2. The van der Waals surface area contributed by atoms with Crippen LogP contribution >= 0.6 is 0 Å². The van der Waals surface area contributed by atoms with Gasteiger partial charge < -0.3 is 4.74 Å². The number of carbonyl (C=O) groups excluding carboxylic acids is 2. The normalized spacial score (nSPS) is 33.0. The zero-order valence-electron chi connectivity index (χ0n) is 7.32. The number of hydrogen-bond acceptors (Lipinski definition) is 3. The van der Waals surface area contributed by atoms with Gasteiger partial charge in [-0.2, -0.15) is 0 Å². The van der Waals surface area contributed by atoms with Crippen LogP contribution in [0, 0.1) is 11.8 Å². The minimum atomic E-state index is -0.440. The van der Waals surface area contributed by atoms with E-state index in [4.69, 9.17) is 0 Å². The predicted octanol–water partition coefficient (Wildman–Crippen LogP) is 0.861. The summed E-state index contributed by atoms with van der Waals surface area (Å²) in [7, 11) is 1.31.